The van der Waals surface area contributed by atoms with Gasteiger partial charge in [-0.1, -0.05) is 6.07 Å². The number of thiophene rings is 1. The molecule has 0 aliphatic carbocycles. The number of methoxy groups -OCH3 is 1. The Labute approximate surface area is 121 Å². The van der Waals surface area contributed by atoms with E-state index in [1.807, 2.05) is 24.4 Å². The summed E-state index contributed by atoms with van der Waals surface area (Å²) in [7, 11) is 1.45. The summed E-state index contributed by atoms with van der Waals surface area (Å²) in [5.41, 5.74) is 1.54. The van der Waals surface area contributed by atoms with Gasteiger partial charge in [-0.25, -0.2) is 4.39 Å². The summed E-state index contributed by atoms with van der Waals surface area (Å²) in [5.74, 6) is -0.112. The average Bonchev–Trinajstić information content (AvgIpc) is 2.92. The molecule has 1 N–H and O–H groups in total. The van der Waals surface area contributed by atoms with Gasteiger partial charge in [-0.15, -0.1) is 11.3 Å². The summed E-state index contributed by atoms with van der Waals surface area (Å²) in [6, 6.07) is 8.93. The van der Waals surface area contributed by atoms with E-state index in [4.69, 9.17) is 10.00 Å². The molecule has 1 aromatic carbocycles. The molecule has 0 fully saturated rings. The average molecular weight is 290 g/mol. The normalized spacial score (nSPS) is 11.9. The summed E-state index contributed by atoms with van der Waals surface area (Å²) in [6.45, 7) is 2.63. The molecule has 3 nitrogen and oxygen atoms in total. The van der Waals surface area contributed by atoms with E-state index in [0.717, 1.165) is 10.4 Å². The molecule has 0 aliphatic rings. The van der Waals surface area contributed by atoms with Crippen LogP contribution in [-0.2, 0) is 6.54 Å². The Bertz CT molecular complexity index is 633. The quantitative estimate of drug-likeness (QED) is 0.914. The lowest BCUT2D eigenvalue weighted by Gasteiger charge is -2.14. The highest BCUT2D eigenvalue weighted by Crippen LogP contribution is 2.22. The van der Waals surface area contributed by atoms with Crippen LogP contribution in [0.2, 0.25) is 0 Å². The highest BCUT2D eigenvalue weighted by atomic mass is 32.1. The fourth-order valence-corrected chi connectivity index (χ4v) is 2.62. The van der Waals surface area contributed by atoms with Crippen LogP contribution in [0.25, 0.3) is 0 Å². The fourth-order valence-electron chi connectivity index (χ4n) is 1.86. The van der Waals surface area contributed by atoms with Crippen molar-refractivity contribution in [2.24, 2.45) is 0 Å². The van der Waals surface area contributed by atoms with Gasteiger partial charge in [-0.3, -0.25) is 0 Å². The summed E-state index contributed by atoms with van der Waals surface area (Å²) in [4.78, 5) is 1.09. The number of halogens is 1. The minimum absolute atomic E-state index is 0.0167. The van der Waals surface area contributed by atoms with Gasteiger partial charge in [0.25, 0.3) is 0 Å². The SMILES string of the molecule is COc1ccc(C(C)NCc2cc(C#N)cs2)cc1F. The van der Waals surface area contributed by atoms with Crippen molar-refractivity contribution >= 4 is 11.3 Å². The van der Waals surface area contributed by atoms with Gasteiger partial charge in [0.2, 0.25) is 0 Å². The van der Waals surface area contributed by atoms with Crippen LogP contribution >= 0.6 is 11.3 Å². The van der Waals surface area contributed by atoms with Crippen molar-refractivity contribution in [3.8, 4) is 11.8 Å². The van der Waals surface area contributed by atoms with Crippen LogP contribution in [-0.4, -0.2) is 7.11 Å². The first-order chi connectivity index (χ1) is 9.63. The lowest BCUT2D eigenvalue weighted by atomic mass is 10.1. The zero-order valence-corrected chi connectivity index (χ0v) is 12.1. The predicted molar refractivity (Wildman–Crippen MR) is 77.2 cm³/mol. The highest BCUT2D eigenvalue weighted by Gasteiger charge is 2.09. The maximum absolute atomic E-state index is 13.6. The number of nitriles is 1. The summed E-state index contributed by atoms with van der Waals surface area (Å²) >= 11 is 1.54. The molecule has 1 aromatic heterocycles. The molecule has 20 heavy (non-hydrogen) atoms. The third-order valence-electron chi connectivity index (χ3n) is 3.04. The Hall–Kier alpha value is -1.90. The van der Waals surface area contributed by atoms with Crippen LogP contribution in [0.5, 0.6) is 5.75 Å². The molecule has 0 saturated carbocycles. The van der Waals surface area contributed by atoms with E-state index in [-0.39, 0.29) is 17.6 Å². The van der Waals surface area contributed by atoms with Gasteiger partial charge in [-0.2, -0.15) is 5.26 Å². The molecule has 0 saturated heterocycles. The number of nitrogens with one attached hydrogen (secondary N) is 1. The van der Waals surface area contributed by atoms with E-state index in [2.05, 4.69) is 11.4 Å². The first-order valence-electron chi connectivity index (χ1n) is 6.18. The van der Waals surface area contributed by atoms with Gasteiger partial charge >= 0.3 is 0 Å². The standard InChI is InChI=1S/C15H15FN2OS/c1-10(12-3-4-15(19-2)14(16)6-12)18-8-13-5-11(7-17)9-20-13/h3-6,9-10,18H,8H2,1-2H3. The molecule has 2 rings (SSSR count). The van der Waals surface area contributed by atoms with Gasteiger partial charge < -0.3 is 10.1 Å². The first kappa shape index (κ1) is 14.5. The second-order valence-electron chi connectivity index (χ2n) is 4.41. The van der Waals surface area contributed by atoms with Gasteiger partial charge in [0.15, 0.2) is 11.6 Å². The van der Waals surface area contributed by atoms with Crippen molar-refractivity contribution in [1.82, 2.24) is 5.32 Å². The monoisotopic (exact) mass is 290 g/mol. The number of hydrogen-bond donors (Lipinski definition) is 1. The molecule has 1 unspecified atom stereocenters. The number of rotatable bonds is 5. The fraction of sp³-hybridized carbons (Fsp3) is 0.267. The molecule has 0 radical (unpaired) electrons. The van der Waals surface area contributed by atoms with Crippen molar-refractivity contribution in [3.63, 3.8) is 0 Å². The van der Waals surface area contributed by atoms with E-state index in [1.165, 1.54) is 13.2 Å². The second-order valence-corrected chi connectivity index (χ2v) is 5.41. The molecule has 1 heterocycles. The van der Waals surface area contributed by atoms with E-state index in [9.17, 15) is 4.39 Å². The van der Waals surface area contributed by atoms with Gasteiger partial charge in [0.1, 0.15) is 6.07 Å². The Morgan fingerprint density at radius 3 is 2.85 bits per heavy atom. The molecule has 0 amide bonds. The maximum Gasteiger partial charge on any atom is 0.165 e. The maximum atomic E-state index is 13.6. The second kappa shape index (κ2) is 6.51. The Morgan fingerprint density at radius 2 is 2.25 bits per heavy atom. The third kappa shape index (κ3) is 3.35. The Kier molecular flexibility index (Phi) is 4.72. The minimum Gasteiger partial charge on any atom is -0.494 e. The van der Waals surface area contributed by atoms with E-state index < -0.39 is 0 Å². The molecule has 0 spiro atoms. The van der Waals surface area contributed by atoms with Crippen molar-refractivity contribution in [2.45, 2.75) is 19.5 Å². The number of nitrogens with zero attached hydrogens (tertiary/aromatic N) is 1. The highest BCUT2D eigenvalue weighted by molar-refractivity contribution is 7.10. The van der Waals surface area contributed by atoms with E-state index in [0.29, 0.717) is 12.1 Å². The summed E-state index contributed by atoms with van der Waals surface area (Å²) < 4.78 is 18.5. The molecule has 104 valence electrons. The topological polar surface area (TPSA) is 45.0 Å². The largest absolute Gasteiger partial charge is 0.494 e. The van der Waals surface area contributed by atoms with E-state index >= 15 is 0 Å². The molecule has 2 aromatic rings. The molecule has 1 atom stereocenters. The lowest BCUT2D eigenvalue weighted by molar-refractivity contribution is 0.385. The smallest absolute Gasteiger partial charge is 0.165 e. The van der Waals surface area contributed by atoms with Gasteiger partial charge in [-0.05, 0) is 30.7 Å². The summed E-state index contributed by atoms with van der Waals surface area (Å²) in [6.07, 6.45) is 0. The minimum atomic E-state index is -0.360. The Balaban J connectivity index is 1.99. The predicted octanol–water partition coefficient (Wildman–Crippen LogP) is 3.62. The van der Waals surface area contributed by atoms with E-state index in [1.54, 1.807) is 17.4 Å². The third-order valence-corrected chi connectivity index (χ3v) is 3.98. The van der Waals surface area contributed by atoms with Crippen molar-refractivity contribution < 1.29 is 9.13 Å². The van der Waals surface area contributed by atoms with Crippen LogP contribution in [0, 0.1) is 17.1 Å². The molecular weight excluding hydrogens is 275 g/mol. The molecule has 0 aliphatic heterocycles. The number of benzene rings is 1. The van der Waals surface area contributed by atoms with Crippen LogP contribution in [0.4, 0.5) is 4.39 Å². The molecule has 0 bridgehead atoms. The zero-order chi connectivity index (χ0) is 14.5. The van der Waals surface area contributed by atoms with Gasteiger partial charge in [0, 0.05) is 22.8 Å². The molecular formula is C15H15FN2OS. The van der Waals surface area contributed by atoms with Crippen molar-refractivity contribution in [1.29, 1.82) is 5.26 Å². The zero-order valence-electron chi connectivity index (χ0n) is 11.3. The first-order valence-corrected chi connectivity index (χ1v) is 7.06. The van der Waals surface area contributed by atoms with Crippen LogP contribution in [0.15, 0.2) is 29.6 Å². The summed E-state index contributed by atoms with van der Waals surface area (Å²) in [5, 5.41) is 13.9. The van der Waals surface area contributed by atoms with Crippen molar-refractivity contribution in [3.05, 3.63) is 51.5 Å². The Morgan fingerprint density at radius 1 is 1.45 bits per heavy atom. The van der Waals surface area contributed by atoms with Crippen LogP contribution < -0.4 is 10.1 Å². The van der Waals surface area contributed by atoms with Crippen molar-refractivity contribution in [2.75, 3.05) is 7.11 Å². The van der Waals surface area contributed by atoms with Crippen LogP contribution in [0.1, 0.15) is 29.0 Å². The van der Waals surface area contributed by atoms with Gasteiger partial charge in [0.05, 0.1) is 12.7 Å². The molecule has 5 heteroatoms. The number of ether oxygens (including phenoxy) is 1. The lowest BCUT2D eigenvalue weighted by Crippen LogP contribution is -2.17. The van der Waals surface area contributed by atoms with Crippen LogP contribution in [0.3, 0.4) is 0 Å². The number of hydrogen-bond acceptors (Lipinski definition) is 4.